The van der Waals surface area contributed by atoms with E-state index < -0.39 is 4.92 Å². The van der Waals surface area contributed by atoms with Crippen molar-refractivity contribution in [3.63, 3.8) is 0 Å². The van der Waals surface area contributed by atoms with Crippen LogP contribution in [-0.4, -0.2) is 24.3 Å². The SMILES string of the molecule is COc1cc([N+](=O)[O-])ccc1NC(=S)Nc1cc2oc3ccccc3c2cc1OC. The number of furan rings is 1. The maximum Gasteiger partial charge on any atom is 0.273 e. The molecule has 9 heteroatoms. The molecular formula is C21H17N3O5S. The van der Waals surface area contributed by atoms with Crippen molar-refractivity contribution in [2.24, 2.45) is 0 Å². The Morgan fingerprint density at radius 1 is 0.933 bits per heavy atom. The van der Waals surface area contributed by atoms with Crippen LogP contribution in [0.1, 0.15) is 0 Å². The number of thiocarbonyl (C=S) groups is 1. The van der Waals surface area contributed by atoms with Gasteiger partial charge < -0.3 is 24.5 Å². The molecule has 4 rings (SSSR count). The van der Waals surface area contributed by atoms with E-state index in [4.69, 9.17) is 26.1 Å². The quantitative estimate of drug-likeness (QED) is 0.253. The first-order valence-electron chi connectivity index (χ1n) is 8.90. The average molecular weight is 423 g/mol. The number of hydrogen-bond donors (Lipinski definition) is 2. The molecule has 0 saturated heterocycles. The largest absolute Gasteiger partial charge is 0.495 e. The third-order valence-electron chi connectivity index (χ3n) is 4.59. The van der Waals surface area contributed by atoms with Gasteiger partial charge in [-0.05, 0) is 30.4 Å². The first kappa shape index (κ1) is 19.5. The highest BCUT2D eigenvalue weighted by atomic mass is 32.1. The molecular weight excluding hydrogens is 406 g/mol. The van der Waals surface area contributed by atoms with Crippen molar-refractivity contribution in [2.75, 3.05) is 24.9 Å². The molecule has 1 aromatic heterocycles. The number of nitrogens with zero attached hydrogens (tertiary/aromatic N) is 1. The summed E-state index contributed by atoms with van der Waals surface area (Å²) < 4.78 is 16.7. The number of nitrogens with one attached hydrogen (secondary N) is 2. The number of rotatable bonds is 5. The summed E-state index contributed by atoms with van der Waals surface area (Å²) in [6.07, 6.45) is 0. The number of para-hydroxylation sites is 1. The second kappa shape index (κ2) is 7.88. The molecule has 0 saturated carbocycles. The second-order valence-corrected chi connectivity index (χ2v) is 6.78. The van der Waals surface area contributed by atoms with E-state index in [9.17, 15) is 10.1 Å². The Balaban J connectivity index is 1.63. The van der Waals surface area contributed by atoms with Gasteiger partial charge in [-0.15, -0.1) is 0 Å². The standard InChI is InChI=1S/C21H17N3O5S/c1-27-19-9-12(24(25)26)7-8-15(19)22-21(30)23-16-11-18-14(10-20(16)28-2)13-5-3-4-6-17(13)29-18/h3-11H,1-2H3,(H2,22,23,30). The number of anilines is 2. The normalized spacial score (nSPS) is 10.7. The number of hydrogen-bond acceptors (Lipinski definition) is 6. The fourth-order valence-electron chi connectivity index (χ4n) is 3.19. The van der Waals surface area contributed by atoms with Crippen LogP contribution >= 0.6 is 12.2 Å². The molecule has 0 aliphatic rings. The van der Waals surface area contributed by atoms with E-state index in [1.165, 1.54) is 25.3 Å². The van der Waals surface area contributed by atoms with Crippen molar-refractivity contribution in [3.8, 4) is 11.5 Å². The third kappa shape index (κ3) is 3.58. The van der Waals surface area contributed by atoms with Crippen LogP contribution in [-0.2, 0) is 0 Å². The first-order valence-corrected chi connectivity index (χ1v) is 9.30. The van der Waals surface area contributed by atoms with Gasteiger partial charge in [0.1, 0.15) is 22.7 Å². The molecule has 8 nitrogen and oxygen atoms in total. The van der Waals surface area contributed by atoms with Gasteiger partial charge in [0.05, 0.1) is 36.6 Å². The van der Waals surface area contributed by atoms with Crippen LogP contribution in [0.3, 0.4) is 0 Å². The van der Waals surface area contributed by atoms with Crippen molar-refractivity contribution < 1.29 is 18.8 Å². The summed E-state index contributed by atoms with van der Waals surface area (Å²) >= 11 is 5.41. The van der Waals surface area contributed by atoms with Crippen LogP contribution in [0.2, 0.25) is 0 Å². The fourth-order valence-corrected chi connectivity index (χ4v) is 3.41. The Morgan fingerprint density at radius 3 is 2.37 bits per heavy atom. The van der Waals surface area contributed by atoms with Gasteiger partial charge in [0.15, 0.2) is 5.11 Å². The highest BCUT2D eigenvalue weighted by molar-refractivity contribution is 7.80. The average Bonchev–Trinajstić information content (AvgIpc) is 3.10. The Morgan fingerprint density at radius 2 is 1.63 bits per heavy atom. The summed E-state index contributed by atoms with van der Waals surface area (Å²) in [6.45, 7) is 0. The molecule has 3 aromatic carbocycles. The second-order valence-electron chi connectivity index (χ2n) is 6.37. The monoisotopic (exact) mass is 423 g/mol. The van der Waals surface area contributed by atoms with Crippen LogP contribution in [0.5, 0.6) is 11.5 Å². The van der Waals surface area contributed by atoms with Crippen molar-refractivity contribution in [1.82, 2.24) is 0 Å². The van der Waals surface area contributed by atoms with Crippen LogP contribution < -0.4 is 20.1 Å². The third-order valence-corrected chi connectivity index (χ3v) is 4.80. The number of ether oxygens (including phenoxy) is 2. The fraction of sp³-hybridized carbons (Fsp3) is 0.0952. The molecule has 0 amide bonds. The van der Waals surface area contributed by atoms with Gasteiger partial charge in [0, 0.05) is 22.9 Å². The minimum Gasteiger partial charge on any atom is -0.495 e. The number of methoxy groups -OCH3 is 2. The minimum absolute atomic E-state index is 0.0757. The van der Waals surface area contributed by atoms with Gasteiger partial charge >= 0.3 is 0 Å². The number of fused-ring (bicyclic) bond motifs is 3. The molecule has 0 aliphatic carbocycles. The Kier molecular flexibility index (Phi) is 5.11. The first-order chi connectivity index (χ1) is 14.5. The van der Waals surface area contributed by atoms with Crippen LogP contribution in [0.25, 0.3) is 21.9 Å². The molecule has 0 spiro atoms. The molecule has 0 unspecified atom stereocenters. The molecule has 1 heterocycles. The lowest BCUT2D eigenvalue weighted by molar-refractivity contribution is -0.384. The molecule has 0 bridgehead atoms. The van der Waals surface area contributed by atoms with Crippen LogP contribution in [0, 0.1) is 10.1 Å². The van der Waals surface area contributed by atoms with Gasteiger partial charge in [-0.2, -0.15) is 0 Å². The van der Waals surface area contributed by atoms with Crippen molar-refractivity contribution >= 4 is 56.3 Å². The van der Waals surface area contributed by atoms with Crippen LogP contribution in [0.4, 0.5) is 17.1 Å². The minimum atomic E-state index is -0.490. The Labute approximate surface area is 176 Å². The van der Waals surface area contributed by atoms with E-state index in [0.29, 0.717) is 28.5 Å². The van der Waals surface area contributed by atoms with Gasteiger partial charge in [0.25, 0.3) is 5.69 Å². The van der Waals surface area contributed by atoms with E-state index in [0.717, 1.165) is 16.4 Å². The molecule has 152 valence electrons. The van der Waals surface area contributed by atoms with Crippen molar-refractivity contribution in [3.05, 3.63) is 64.7 Å². The molecule has 0 atom stereocenters. The number of nitro benzene ring substituents is 1. The summed E-state index contributed by atoms with van der Waals surface area (Å²) in [6, 6.07) is 15.7. The molecule has 30 heavy (non-hydrogen) atoms. The maximum atomic E-state index is 11.0. The van der Waals surface area contributed by atoms with Gasteiger partial charge in [-0.3, -0.25) is 10.1 Å². The summed E-state index contributed by atoms with van der Waals surface area (Å²) in [5.74, 6) is 0.891. The van der Waals surface area contributed by atoms with Crippen molar-refractivity contribution in [2.45, 2.75) is 0 Å². The zero-order chi connectivity index (χ0) is 21.3. The smallest absolute Gasteiger partial charge is 0.273 e. The van der Waals surface area contributed by atoms with Crippen LogP contribution in [0.15, 0.2) is 59.0 Å². The highest BCUT2D eigenvalue weighted by Gasteiger charge is 2.15. The zero-order valence-corrected chi connectivity index (χ0v) is 16.9. The van der Waals surface area contributed by atoms with E-state index in [-0.39, 0.29) is 10.8 Å². The topological polar surface area (TPSA) is 98.8 Å². The number of nitro groups is 1. The number of non-ortho nitro benzene ring substituents is 1. The van der Waals surface area contributed by atoms with E-state index in [1.54, 1.807) is 7.11 Å². The predicted molar refractivity (Wildman–Crippen MR) is 120 cm³/mol. The molecule has 0 radical (unpaired) electrons. The van der Waals surface area contributed by atoms with E-state index in [1.807, 2.05) is 36.4 Å². The van der Waals surface area contributed by atoms with Gasteiger partial charge in [-0.25, -0.2) is 0 Å². The lowest BCUT2D eigenvalue weighted by Gasteiger charge is -2.15. The Bertz CT molecular complexity index is 1280. The zero-order valence-electron chi connectivity index (χ0n) is 16.1. The summed E-state index contributed by atoms with van der Waals surface area (Å²) in [5, 5.41) is 19.2. The summed E-state index contributed by atoms with van der Waals surface area (Å²) in [4.78, 5) is 10.5. The highest BCUT2D eigenvalue weighted by Crippen LogP contribution is 2.36. The molecule has 2 N–H and O–H groups in total. The maximum absolute atomic E-state index is 11.0. The summed E-state index contributed by atoms with van der Waals surface area (Å²) in [7, 11) is 3.00. The Hall–Kier alpha value is -3.85. The summed E-state index contributed by atoms with van der Waals surface area (Å²) in [5.41, 5.74) is 2.50. The lowest BCUT2D eigenvalue weighted by Crippen LogP contribution is -2.20. The molecule has 0 fully saturated rings. The van der Waals surface area contributed by atoms with E-state index in [2.05, 4.69) is 10.6 Å². The number of benzene rings is 3. The lowest BCUT2D eigenvalue weighted by atomic mass is 10.1. The molecule has 0 aliphatic heterocycles. The van der Waals surface area contributed by atoms with Gasteiger partial charge in [-0.1, -0.05) is 18.2 Å². The van der Waals surface area contributed by atoms with Crippen molar-refractivity contribution in [1.29, 1.82) is 0 Å². The van der Waals surface area contributed by atoms with Gasteiger partial charge in [0.2, 0.25) is 0 Å². The molecule has 4 aromatic rings. The van der Waals surface area contributed by atoms with E-state index >= 15 is 0 Å². The predicted octanol–water partition coefficient (Wildman–Crippen LogP) is 5.32.